The Morgan fingerprint density at radius 2 is 2.42 bits per heavy atom. The van der Waals surface area contributed by atoms with Gasteiger partial charge in [0.05, 0.1) is 12.3 Å². The van der Waals surface area contributed by atoms with Crippen LogP contribution in [0.15, 0.2) is 18.3 Å². The van der Waals surface area contributed by atoms with Crippen LogP contribution in [0, 0.1) is 0 Å². The van der Waals surface area contributed by atoms with Crippen molar-refractivity contribution < 1.29 is 4.74 Å². The molecule has 3 heteroatoms. The van der Waals surface area contributed by atoms with E-state index >= 15 is 0 Å². The van der Waals surface area contributed by atoms with E-state index in [0.717, 1.165) is 17.9 Å². The van der Waals surface area contributed by atoms with Gasteiger partial charge < -0.3 is 10.5 Å². The molecule has 66 valence electrons. The summed E-state index contributed by atoms with van der Waals surface area (Å²) in [5.41, 5.74) is 7.51. The van der Waals surface area contributed by atoms with Crippen molar-refractivity contribution in [3.05, 3.63) is 29.6 Å². The fourth-order valence-corrected chi connectivity index (χ4v) is 0.999. The summed E-state index contributed by atoms with van der Waals surface area (Å²) in [5.74, 6) is 0. The third kappa shape index (κ3) is 2.29. The standard InChI is InChI=1S/C9H14N2O/c1-2-12-7-8-4-3-5-11-9(8)6-10/h3-5H,2,6-7,10H2,1H3. The van der Waals surface area contributed by atoms with Crippen molar-refractivity contribution in [3.8, 4) is 0 Å². The Morgan fingerprint density at radius 3 is 3.08 bits per heavy atom. The molecule has 12 heavy (non-hydrogen) atoms. The molecule has 0 aliphatic carbocycles. The normalized spacial score (nSPS) is 10.2. The second-order valence-corrected chi connectivity index (χ2v) is 2.45. The van der Waals surface area contributed by atoms with E-state index in [0.29, 0.717) is 13.2 Å². The van der Waals surface area contributed by atoms with E-state index in [-0.39, 0.29) is 0 Å². The van der Waals surface area contributed by atoms with Gasteiger partial charge in [-0.2, -0.15) is 0 Å². The summed E-state index contributed by atoms with van der Waals surface area (Å²) in [7, 11) is 0. The first-order chi connectivity index (χ1) is 5.88. The molecule has 0 radical (unpaired) electrons. The lowest BCUT2D eigenvalue weighted by Crippen LogP contribution is -2.05. The third-order valence-corrected chi connectivity index (χ3v) is 1.64. The first-order valence-electron chi connectivity index (χ1n) is 4.09. The molecule has 0 amide bonds. The third-order valence-electron chi connectivity index (χ3n) is 1.64. The summed E-state index contributed by atoms with van der Waals surface area (Å²) in [5, 5.41) is 0. The van der Waals surface area contributed by atoms with Crippen molar-refractivity contribution in [2.75, 3.05) is 6.61 Å². The smallest absolute Gasteiger partial charge is 0.0734 e. The molecule has 0 atom stereocenters. The zero-order valence-electron chi connectivity index (χ0n) is 7.29. The topological polar surface area (TPSA) is 48.1 Å². The summed E-state index contributed by atoms with van der Waals surface area (Å²) in [4.78, 5) is 4.15. The van der Waals surface area contributed by atoms with E-state index in [4.69, 9.17) is 10.5 Å². The molecule has 0 unspecified atom stereocenters. The molecular formula is C9H14N2O. The Balaban J connectivity index is 2.68. The fraction of sp³-hybridized carbons (Fsp3) is 0.444. The van der Waals surface area contributed by atoms with Gasteiger partial charge in [-0.25, -0.2) is 0 Å². The quantitative estimate of drug-likeness (QED) is 0.728. The summed E-state index contributed by atoms with van der Waals surface area (Å²) >= 11 is 0. The van der Waals surface area contributed by atoms with Crippen LogP contribution in [-0.4, -0.2) is 11.6 Å². The molecule has 0 aliphatic heterocycles. The van der Waals surface area contributed by atoms with Crippen LogP contribution in [-0.2, 0) is 17.9 Å². The Labute approximate surface area is 72.6 Å². The van der Waals surface area contributed by atoms with E-state index in [1.807, 2.05) is 19.1 Å². The van der Waals surface area contributed by atoms with Gasteiger partial charge in [0.25, 0.3) is 0 Å². The minimum Gasteiger partial charge on any atom is -0.377 e. The van der Waals surface area contributed by atoms with Crippen LogP contribution in [0.25, 0.3) is 0 Å². The number of ether oxygens (including phenoxy) is 1. The highest BCUT2D eigenvalue weighted by atomic mass is 16.5. The lowest BCUT2D eigenvalue weighted by Gasteiger charge is -2.05. The zero-order valence-corrected chi connectivity index (χ0v) is 7.29. The van der Waals surface area contributed by atoms with Gasteiger partial charge in [0.2, 0.25) is 0 Å². The minimum absolute atomic E-state index is 0.475. The Kier molecular flexibility index (Phi) is 3.70. The van der Waals surface area contributed by atoms with Crippen LogP contribution in [0.5, 0.6) is 0 Å². The molecule has 3 nitrogen and oxygen atoms in total. The molecule has 1 rings (SSSR count). The summed E-state index contributed by atoms with van der Waals surface area (Å²) in [6.45, 7) is 3.78. The van der Waals surface area contributed by atoms with E-state index in [9.17, 15) is 0 Å². The van der Waals surface area contributed by atoms with Crippen LogP contribution in [0.1, 0.15) is 18.2 Å². The Bertz CT molecular complexity index is 238. The van der Waals surface area contributed by atoms with Crippen LogP contribution in [0.2, 0.25) is 0 Å². The van der Waals surface area contributed by atoms with Gasteiger partial charge in [0, 0.05) is 24.9 Å². The lowest BCUT2D eigenvalue weighted by atomic mass is 10.2. The van der Waals surface area contributed by atoms with Crippen LogP contribution < -0.4 is 5.73 Å². The van der Waals surface area contributed by atoms with Gasteiger partial charge >= 0.3 is 0 Å². The van der Waals surface area contributed by atoms with Gasteiger partial charge in [-0.3, -0.25) is 4.98 Å². The van der Waals surface area contributed by atoms with Crippen molar-refractivity contribution in [3.63, 3.8) is 0 Å². The molecule has 0 bridgehead atoms. The number of nitrogens with zero attached hydrogens (tertiary/aromatic N) is 1. The van der Waals surface area contributed by atoms with Crippen molar-refractivity contribution in [2.45, 2.75) is 20.1 Å². The molecular weight excluding hydrogens is 152 g/mol. The monoisotopic (exact) mass is 166 g/mol. The minimum atomic E-state index is 0.475. The molecule has 0 saturated carbocycles. The number of rotatable bonds is 4. The SMILES string of the molecule is CCOCc1cccnc1CN. The molecule has 1 aromatic heterocycles. The molecule has 1 heterocycles. The highest BCUT2D eigenvalue weighted by Crippen LogP contribution is 2.05. The molecule has 0 saturated heterocycles. The predicted molar refractivity (Wildman–Crippen MR) is 47.5 cm³/mol. The first-order valence-corrected chi connectivity index (χ1v) is 4.09. The van der Waals surface area contributed by atoms with Gasteiger partial charge in [-0.15, -0.1) is 0 Å². The maximum atomic E-state index is 5.50. The number of hydrogen-bond acceptors (Lipinski definition) is 3. The number of pyridine rings is 1. The van der Waals surface area contributed by atoms with Crippen LogP contribution in [0.4, 0.5) is 0 Å². The largest absolute Gasteiger partial charge is 0.377 e. The van der Waals surface area contributed by atoms with Crippen LogP contribution >= 0.6 is 0 Å². The van der Waals surface area contributed by atoms with Crippen molar-refractivity contribution in [1.82, 2.24) is 4.98 Å². The highest BCUT2D eigenvalue weighted by molar-refractivity contribution is 5.18. The summed E-state index contributed by atoms with van der Waals surface area (Å²) in [6.07, 6.45) is 1.75. The van der Waals surface area contributed by atoms with Gasteiger partial charge in [0.15, 0.2) is 0 Å². The summed E-state index contributed by atoms with van der Waals surface area (Å²) < 4.78 is 5.27. The fourth-order valence-electron chi connectivity index (χ4n) is 0.999. The molecule has 0 aliphatic rings. The maximum Gasteiger partial charge on any atom is 0.0734 e. The van der Waals surface area contributed by atoms with Crippen molar-refractivity contribution in [1.29, 1.82) is 0 Å². The number of aromatic nitrogens is 1. The van der Waals surface area contributed by atoms with Gasteiger partial charge in [-0.1, -0.05) is 6.07 Å². The van der Waals surface area contributed by atoms with Gasteiger partial charge in [-0.05, 0) is 13.0 Å². The van der Waals surface area contributed by atoms with E-state index in [1.165, 1.54) is 0 Å². The zero-order chi connectivity index (χ0) is 8.81. The highest BCUT2D eigenvalue weighted by Gasteiger charge is 1.99. The average Bonchev–Trinajstić information content (AvgIpc) is 2.15. The molecule has 0 spiro atoms. The average molecular weight is 166 g/mol. The molecule has 0 aromatic carbocycles. The van der Waals surface area contributed by atoms with E-state index in [2.05, 4.69) is 4.98 Å². The van der Waals surface area contributed by atoms with Crippen LogP contribution in [0.3, 0.4) is 0 Å². The molecule has 2 N–H and O–H groups in total. The first kappa shape index (κ1) is 9.16. The van der Waals surface area contributed by atoms with Crippen molar-refractivity contribution in [2.24, 2.45) is 5.73 Å². The Morgan fingerprint density at radius 1 is 1.58 bits per heavy atom. The lowest BCUT2D eigenvalue weighted by molar-refractivity contribution is 0.133. The van der Waals surface area contributed by atoms with Crippen molar-refractivity contribution >= 4 is 0 Å². The number of hydrogen-bond donors (Lipinski definition) is 1. The molecule has 0 fully saturated rings. The number of nitrogens with two attached hydrogens (primary N) is 1. The molecule has 1 aromatic rings. The van der Waals surface area contributed by atoms with E-state index in [1.54, 1.807) is 6.20 Å². The van der Waals surface area contributed by atoms with E-state index < -0.39 is 0 Å². The summed E-state index contributed by atoms with van der Waals surface area (Å²) in [6, 6.07) is 3.89. The van der Waals surface area contributed by atoms with Gasteiger partial charge in [0.1, 0.15) is 0 Å². The Hall–Kier alpha value is -0.930. The second-order valence-electron chi connectivity index (χ2n) is 2.45. The maximum absolute atomic E-state index is 5.50. The predicted octanol–water partition coefficient (Wildman–Crippen LogP) is 1.08. The second kappa shape index (κ2) is 4.85.